The number of ketones is 1. The van der Waals surface area contributed by atoms with Gasteiger partial charge in [-0.3, -0.25) is 9.78 Å². The van der Waals surface area contributed by atoms with Crippen molar-refractivity contribution in [3.8, 4) is 0 Å². The highest BCUT2D eigenvalue weighted by molar-refractivity contribution is 6.31. The lowest BCUT2D eigenvalue weighted by atomic mass is 9.80. The molecule has 0 aliphatic heterocycles. The number of halogens is 1. The lowest BCUT2D eigenvalue weighted by Crippen LogP contribution is -2.22. The molecule has 3 aromatic rings. The van der Waals surface area contributed by atoms with E-state index in [4.69, 9.17) is 17.3 Å². The Hall–Kier alpha value is -2.39. The number of carbonyl (C=O) groups excluding carboxylic acids is 1. The number of Topliss-reactive ketones (excluding diaryl/α,β-unsaturated/α-hetero) is 1. The summed E-state index contributed by atoms with van der Waals surface area (Å²) < 4.78 is 0. The zero-order chi connectivity index (χ0) is 16.0. The molecular weight excluding hydrogens is 308 g/mol. The molecular formula is C19H15ClN2O. The summed E-state index contributed by atoms with van der Waals surface area (Å²) >= 11 is 6.05. The molecule has 1 heterocycles. The Kier molecular flexibility index (Phi) is 3.31. The number of pyridine rings is 1. The number of nitrogens with two attached hydrogens (primary N) is 1. The molecule has 0 saturated heterocycles. The van der Waals surface area contributed by atoms with E-state index < -0.39 is 0 Å². The lowest BCUT2D eigenvalue weighted by Gasteiger charge is -2.25. The van der Waals surface area contributed by atoms with Crippen molar-refractivity contribution in [2.24, 2.45) is 0 Å². The van der Waals surface area contributed by atoms with Gasteiger partial charge in [0.1, 0.15) is 0 Å². The second kappa shape index (κ2) is 5.36. The molecule has 2 aromatic carbocycles. The Morgan fingerprint density at radius 3 is 2.65 bits per heavy atom. The second-order valence-corrected chi connectivity index (χ2v) is 6.38. The van der Waals surface area contributed by atoms with E-state index >= 15 is 0 Å². The van der Waals surface area contributed by atoms with E-state index in [0.29, 0.717) is 22.7 Å². The normalized spacial score (nSPS) is 17.3. The Morgan fingerprint density at radius 1 is 1.09 bits per heavy atom. The summed E-state index contributed by atoms with van der Waals surface area (Å²) in [7, 11) is 0. The van der Waals surface area contributed by atoms with Crippen molar-refractivity contribution in [1.29, 1.82) is 0 Å². The molecule has 1 aliphatic rings. The van der Waals surface area contributed by atoms with Crippen LogP contribution in [-0.4, -0.2) is 10.8 Å². The Morgan fingerprint density at radius 2 is 1.87 bits per heavy atom. The number of aromatic nitrogens is 1. The number of nitrogens with zero attached hydrogens (tertiary/aromatic N) is 1. The average Bonchev–Trinajstić information content (AvgIpc) is 2.56. The van der Waals surface area contributed by atoms with Crippen LogP contribution in [0.2, 0.25) is 5.02 Å². The summed E-state index contributed by atoms with van der Waals surface area (Å²) in [5.41, 5.74) is 10.1. The summed E-state index contributed by atoms with van der Waals surface area (Å²) in [6, 6.07) is 15.5. The van der Waals surface area contributed by atoms with Crippen molar-refractivity contribution >= 4 is 34.0 Å². The van der Waals surface area contributed by atoms with E-state index in [9.17, 15) is 4.79 Å². The first-order valence-electron chi connectivity index (χ1n) is 7.59. The number of benzene rings is 2. The fraction of sp³-hybridized carbons (Fsp3) is 0.158. The molecule has 0 spiro atoms. The molecule has 0 bridgehead atoms. The zero-order valence-corrected chi connectivity index (χ0v) is 13.2. The Bertz CT molecular complexity index is 922. The summed E-state index contributed by atoms with van der Waals surface area (Å²) in [4.78, 5) is 17.4. The third-order valence-corrected chi connectivity index (χ3v) is 4.72. The standard InChI is InChI=1S/C19H15ClN2O/c20-13-6-7-15-14(10-13)19(21)18-16(22-15)8-12(9-17(18)23)11-4-2-1-3-5-11/h1-7,10,12H,8-9H2,(H2,21,22). The highest BCUT2D eigenvalue weighted by Crippen LogP contribution is 2.37. The third kappa shape index (κ3) is 2.37. The molecule has 0 radical (unpaired) electrons. The predicted octanol–water partition coefficient (Wildman–Crippen LogP) is 4.38. The molecule has 0 saturated carbocycles. The lowest BCUT2D eigenvalue weighted by molar-refractivity contribution is 0.0964. The maximum absolute atomic E-state index is 12.7. The Balaban J connectivity index is 1.86. The fourth-order valence-electron chi connectivity index (χ4n) is 3.36. The molecule has 4 heteroatoms. The second-order valence-electron chi connectivity index (χ2n) is 5.95. The van der Waals surface area contributed by atoms with Crippen LogP contribution in [0.5, 0.6) is 0 Å². The fourth-order valence-corrected chi connectivity index (χ4v) is 3.54. The molecule has 3 nitrogen and oxygen atoms in total. The first-order valence-corrected chi connectivity index (χ1v) is 7.97. The predicted molar refractivity (Wildman–Crippen MR) is 93.0 cm³/mol. The van der Waals surface area contributed by atoms with Crippen LogP contribution in [0.25, 0.3) is 10.9 Å². The van der Waals surface area contributed by atoms with Crippen LogP contribution in [0.3, 0.4) is 0 Å². The maximum atomic E-state index is 12.7. The molecule has 0 amide bonds. The maximum Gasteiger partial charge on any atom is 0.167 e. The van der Waals surface area contributed by atoms with E-state index in [2.05, 4.69) is 17.1 Å². The molecule has 1 aliphatic carbocycles. The number of hydrogen-bond donors (Lipinski definition) is 1. The van der Waals surface area contributed by atoms with Crippen LogP contribution in [0.4, 0.5) is 5.69 Å². The van der Waals surface area contributed by atoms with Gasteiger partial charge in [-0.15, -0.1) is 0 Å². The molecule has 114 valence electrons. The van der Waals surface area contributed by atoms with Crippen LogP contribution in [0, 0.1) is 0 Å². The molecule has 4 rings (SSSR count). The largest absolute Gasteiger partial charge is 0.398 e. The summed E-state index contributed by atoms with van der Waals surface area (Å²) in [5, 5.41) is 1.35. The molecule has 1 atom stereocenters. The van der Waals surface area contributed by atoms with Gasteiger partial charge in [0.2, 0.25) is 0 Å². The van der Waals surface area contributed by atoms with Gasteiger partial charge in [-0.2, -0.15) is 0 Å². The minimum absolute atomic E-state index is 0.0620. The van der Waals surface area contributed by atoms with Crippen molar-refractivity contribution in [3.05, 3.63) is 70.4 Å². The van der Waals surface area contributed by atoms with Gasteiger partial charge >= 0.3 is 0 Å². The summed E-state index contributed by atoms with van der Waals surface area (Å²) in [5.74, 6) is 0.222. The van der Waals surface area contributed by atoms with Gasteiger partial charge in [0.15, 0.2) is 5.78 Å². The van der Waals surface area contributed by atoms with Crippen molar-refractivity contribution in [3.63, 3.8) is 0 Å². The van der Waals surface area contributed by atoms with Crippen molar-refractivity contribution < 1.29 is 4.79 Å². The number of hydrogen-bond acceptors (Lipinski definition) is 3. The van der Waals surface area contributed by atoms with Crippen LogP contribution in [-0.2, 0) is 6.42 Å². The minimum Gasteiger partial charge on any atom is -0.398 e. The molecule has 0 fully saturated rings. The van der Waals surface area contributed by atoms with E-state index in [-0.39, 0.29) is 11.7 Å². The number of carbonyl (C=O) groups is 1. The van der Waals surface area contributed by atoms with Crippen LogP contribution < -0.4 is 5.73 Å². The average molecular weight is 323 g/mol. The number of rotatable bonds is 1. The van der Waals surface area contributed by atoms with Gasteiger partial charge in [-0.25, -0.2) is 0 Å². The topological polar surface area (TPSA) is 56.0 Å². The molecule has 1 unspecified atom stereocenters. The Labute approximate surface area is 139 Å². The smallest absolute Gasteiger partial charge is 0.167 e. The zero-order valence-electron chi connectivity index (χ0n) is 12.4. The van der Waals surface area contributed by atoms with Crippen molar-refractivity contribution in [2.75, 3.05) is 5.73 Å². The first kappa shape index (κ1) is 14.2. The van der Waals surface area contributed by atoms with Gasteiger partial charge < -0.3 is 5.73 Å². The van der Waals surface area contributed by atoms with Crippen LogP contribution in [0.15, 0.2) is 48.5 Å². The number of nitrogen functional groups attached to an aromatic ring is 1. The van der Waals surface area contributed by atoms with Gasteiger partial charge in [0.05, 0.1) is 22.5 Å². The minimum atomic E-state index is 0.0620. The van der Waals surface area contributed by atoms with Crippen LogP contribution in [0.1, 0.15) is 34.0 Å². The highest BCUT2D eigenvalue weighted by atomic mass is 35.5. The third-order valence-electron chi connectivity index (χ3n) is 4.48. The first-order chi connectivity index (χ1) is 11.1. The van der Waals surface area contributed by atoms with E-state index in [1.807, 2.05) is 24.3 Å². The van der Waals surface area contributed by atoms with Crippen LogP contribution >= 0.6 is 11.6 Å². The summed E-state index contributed by atoms with van der Waals surface area (Å²) in [6.07, 6.45) is 1.20. The van der Waals surface area contributed by atoms with Crippen molar-refractivity contribution in [2.45, 2.75) is 18.8 Å². The molecule has 23 heavy (non-hydrogen) atoms. The van der Waals surface area contributed by atoms with E-state index in [1.165, 1.54) is 5.56 Å². The van der Waals surface area contributed by atoms with E-state index in [1.54, 1.807) is 12.1 Å². The monoisotopic (exact) mass is 322 g/mol. The van der Waals surface area contributed by atoms with Gasteiger partial charge in [-0.1, -0.05) is 41.9 Å². The number of anilines is 1. The molecule has 2 N–H and O–H groups in total. The SMILES string of the molecule is Nc1c2c(nc3ccc(Cl)cc13)CC(c1ccccc1)CC2=O. The number of fused-ring (bicyclic) bond motifs is 2. The highest BCUT2D eigenvalue weighted by Gasteiger charge is 2.30. The summed E-state index contributed by atoms with van der Waals surface area (Å²) in [6.45, 7) is 0. The van der Waals surface area contributed by atoms with Gasteiger partial charge in [0.25, 0.3) is 0 Å². The van der Waals surface area contributed by atoms with Crippen molar-refractivity contribution in [1.82, 2.24) is 4.98 Å². The van der Waals surface area contributed by atoms with Gasteiger partial charge in [0, 0.05) is 16.8 Å². The quantitative estimate of drug-likeness (QED) is 0.723. The van der Waals surface area contributed by atoms with E-state index in [0.717, 1.165) is 23.0 Å². The van der Waals surface area contributed by atoms with Gasteiger partial charge in [-0.05, 0) is 36.1 Å². The molecule has 1 aromatic heterocycles.